The van der Waals surface area contributed by atoms with Gasteiger partial charge in [0.2, 0.25) is 0 Å². The highest BCUT2D eigenvalue weighted by Gasteiger charge is 2.22. The molecule has 1 aromatic heterocycles. The molecule has 0 atom stereocenters. The number of aromatic nitrogens is 1. The molecule has 1 heterocycles. The van der Waals surface area contributed by atoms with Crippen LogP contribution >= 0.6 is 0 Å². The zero-order valence-corrected chi connectivity index (χ0v) is 7.98. The lowest BCUT2D eigenvalue weighted by molar-refractivity contribution is -0.389. The van der Waals surface area contributed by atoms with E-state index in [9.17, 15) is 14.9 Å². The van der Waals surface area contributed by atoms with E-state index in [1.54, 1.807) is 24.3 Å². The zero-order valence-electron chi connectivity index (χ0n) is 7.98. The minimum atomic E-state index is -0.573. The molecule has 0 amide bonds. The molecule has 1 aromatic carbocycles. The van der Waals surface area contributed by atoms with E-state index in [0.29, 0.717) is 10.9 Å². The molecule has 2 aromatic rings. The minimum absolute atomic E-state index is 0.149. The summed E-state index contributed by atoms with van der Waals surface area (Å²) in [5, 5.41) is 11.3. The van der Waals surface area contributed by atoms with Gasteiger partial charge >= 0.3 is 5.82 Å². The molecule has 0 aliphatic carbocycles. The zero-order chi connectivity index (χ0) is 11.0. The summed E-state index contributed by atoms with van der Waals surface area (Å²) >= 11 is 0. The first kappa shape index (κ1) is 9.39. The highest BCUT2D eigenvalue weighted by atomic mass is 16.6. The smallest absolute Gasteiger partial charge is 0.332 e. The first-order valence-corrected chi connectivity index (χ1v) is 4.37. The SMILES string of the molecule is CC(=O)c1c([N+](=O)[O-])[nH]c2ccccc12. The van der Waals surface area contributed by atoms with Crippen molar-refractivity contribution in [1.82, 2.24) is 4.98 Å². The Kier molecular flexibility index (Phi) is 2.00. The topological polar surface area (TPSA) is 76.0 Å². The van der Waals surface area contributed by atoms with Crippen molar-refractivity contribution in [2.75, 3.05) is 0 Å². The van der Waals surface area contributed by atoms with Gasteiger partial charge in [0, 0.05) is 5.39 Å². The molecule has 1 N–H and O–H groups in total. The van der Waals surface area contributed by atoms with Crippen LogP contribution in [0.3, 0.4) is 0 Å². The number of carbonyl (C=O) groups is 1. The Morgan fingerprint density at radius 2 is 2.07 bits per heavy atom. The molecule has 0 saturated carbocycles. The second-order valence-corrected chi connectivity index (χ2v) is 3.21. The maximum Gasteiger partial charge on any atom is 0.332 e. The Bertz CT molecular complexity index is 557. The molecule has 2 rings (SSSR count). The van der Waals surface area contributed by atoms with E-state index in [4.69, 9.17) is 0 Å². The van der Waals surface area contributed by atoms with Gasteiger partial charge in [0.15, 0.2) is 5.78 Å². The van der Waals surface area contributed by atoms with Crippen LogP contribution in [0.4, 0.5) is 5.82 Å². The van der Waals surface area contributed by atoms with Gasteiger partial charge in [-0.1, -0.05) is 12.1 Å². The molecule has 0 aliphatic rings. The monoisotopic (exact) mass is 204 g/mol. The van der Waals surface area contributed by atoms with Gasteiger partial charge in [-0.15, -0.1) is 0 Å². The van der Waals surface area contributed by atoms with Gasteiger partial charge in [-0.3, -0.25) is 4.79 Å². The van der Waals surface area contributed by atoms with Crippen molar-refractivity contribution in [2.24, 2.45) is 0 Å². The quantitative estimate of drug-likeness (QED) is 0.463. The predicted octanol–water partition coefficient (Wildman–Crippen LogP) is 2.28. The second kappa shape index (κ2) is 3.20. The molecule has 0 aliphatic heterocycles. The van der Waals surface area contributed by atoms with Crippen molar-refractivity contribution in [3.63, 3.8) is 0 Å². The van der Waals surface area contributed by atoms with Gasteiger partial charge in [-0.2, -0.15) is 0 Å². The third-order valence-corrected chi connectivity index (χ3v) is 2.22. The number of Topliss-reactive ketones (excluding diaryl/α,β-unsaturated/α-hetero) is 1. The van der Waals surface area contributed by atoms with Gasteiger partial charge in [-0.25, -0.2) is 4.98 Å². The molecule has 5 heteroatoms. The number of rotatable bonds is 2. The number of carbonyl (C=O) groups excluding carboxylic acids is 1. The van der Waals surface area contributed by atoms with Crippen LogP contribution in [0.5, 0.6) is 0 Å². The second-order valence-electron chi connectivity index (χ2n) is 3.21. The Morgan fingerprint density at radius 3 is 2.67 bits per heavy atom. The number of nitrogens with zero attached hydrogens (tertiary/aromatic N) is 1. The number of H-pyrrole nitrogens is 1. The van der Waals surface area contributed by atoms with E-state index >= 15 is 0 Å². The average Bonchev–Trinajstić information content (AvgIpc) is 2.56. The van der Waals surface area contributed by atoms with Crippen LogP contribution in [0.1, 0.15) is 17.3 Å². The molecular formula is C10H8N2O3. The van der Waals surface area contributed by atoms with Crippen LogP contribution in [0, 0.1) is 10.1 Å². The van der Waals surface area contributed by atoms with Gasteiger partial charge in [0.1, 0.15) is 11.1 Å². The fourth-order valence-corrected chi connectivity index (χ4v) is 1.62. The van der Waals surface area contributed by atoms with Crippen LogP contribution in [0.2, 0.25) is 0 Å². The highest BCUT2D eigenvalue weighted by molar-refractivity contribution is 6.10. The first-order valence-electron chi connectivity index (χ1n) is 4.37. The van der Waals surface area contributed by atoms with E-state index in [-0.39, 0.29) is 17.2 Å². The third-order valence-electron chi connectivity index (χ3n) is 2.22. The summed E-state index contributed by atoms with van der Waals surface area (Å²) in [6, 6.07) is 6.89. The summed E-state index contributed by atoms with van der Waals surface area (Å²) in [7, 11) is 0. The molecule has 0 fully saturated rings. The fraction of sp³-hybridized carbons (Fsp3) is 0.100. The maximum atomic E-state index is 11.3. The summed E-state index contributed by atoms with van der Waals surface area (Å²) in [6.07, 6.45) is 0. The number of benzene rings is 1. The van der Waals surface area contributed by atoms with Crippen LogP contribution in [-0.2, 0) is 0 Å². The van der Waals surface area contributed by atoms with Crippen LogP contribution in [0.25, 0.3) is 10.9 Å². The Balaban J connectivity index is 2.86. The van der Waals surface area contributed by atoms with Crippen molar-refractivity contribution in [1.29, 1.82) is 0 Å². The van der Waals surface area contributed by atoms with E-state index in [1.165, 1.54) is 6.92 Å². The molecule has 15 heavy (non-hydrogen) atoms. The third kappa shape index (κ3) is 1.38. The van der Waals surface area contributed by atoms with E-state index in [0.717, 1.165) is 0 Å². The Labute approximate surface area is 84.9 Å². The number of hydrogen-bond acceptors (Lipinski definition) is 3. The standard InChI is InChI=1S/C10H8N2O3/c1-6(13)9-7-4-2-3-5-8(7)11-10(9)12(14)15/h2-5,11H,1H3. The van der Waals surface area contributed by atoms with Crippen molar-refractivity contribution in [3.8, 4) is 0 Å². The Hall–Kier alpha value is -2.17. The van der Waals surface area contributed by atoms with Crippen molar-refractivity contribution >= 4 is 22.5 Å². The van der Waals surface area contributed by atoms with Crippen LogP contribution in [-0.4, -0.2) is 15.7 Å². The molecule has 0 spiro atoms. The Morgan fingerprint density at radius 1 is 1.40 bits per heavy atom. The summed E-state index contributed by atoms with van der Waals surface area (Å²) in [6.45, 7) is 1.32. The van der Waals surface area contributed by atoms with Gasteiger partial charge < -0.3 is 10.1 Å². The molecule has 76 valence electrons. The summed E-state index contributed by atoms with van der Waals surface area (Å²) in [5.74, 6) is -0.539. The van der Waals surface area contributed by atoms with Crippen LogP contribution < -0.4 is 0 Å². The number of hydrogen-bond donors (Lipinski definition) is 1. The van der Waals surface area contributed by atoms with Gasteiger partial charge in [0.25, 0.3) is 0 Å². The molecule has 0 bridgehead atoms. The van der Waals surface area contributed by atoms with E-state index < -0.39 is 4.92 Å². The number of para-hydroxylation sites is 1. The number of nitro groups is 1. The predicted molar refractivity (Wildman–Crippen MR) is 55.0 cm³/mol. The lowest BCUT2D eigenvalue weighted by Crippen LogP contribution is -1.97. The average molecular weight is 204 g/mol. The lowest BCUT2D eigenvalue weighted by Gasteiger charge is -1.93. The fourth-order valence-electron chi connectivity index (χ4n) is 1.62. The summed E-state index contributed by atoms with van der Waals surface area (Å²) in [5.41, 5.74) is 0.755. The highest BCUT2D eigenvalue weighted by Crippen LogP contribution is 2.27. The number of ketones is 1. The van der Waals surface area contributed by atoms with Crippen molar-refractivity contribution in [2.45, 2.75) is 6.92 Å². The number of fused-ring (bicyclic) bond motifs is 1. The molecule has 0 unspecified atom stereocenters. The number of aromatic amines is 1. The normalized spacial score (nSPS) is 10.5. The molecular weight excluding hydrogens is 196 g/mol. The number of nitrogens with one attached hydrogen (secondary N) is 1. The summed E-state index contributed by atoms with van der Waals surface area (Å²) < 4.78 is 0. The molecule has 5 nitrogen and oxygen atoms in total. The van der Waals surface area contributed by atoms with Gasteiger partial charge in [-0.05, 0) is 24.0 Å². The van der Waals surface area contributed by atoms with Crippen LogP contribution in [0.15, 0.2) is 24.3 Å². The van der Waals surface area contributed by atoms with Crippen molar-refractivity contribution in [3.05, 3.63) is 39.9 Å². The molecule has 0 radical (unpaired) electrons. The first-order chi connectivity index (χ1) is 7.11. The van der Waals surface area contributed by atoms with Crippen molar-refractivity contribution < 1.29 is 9.72 Å². The lowest BCUT2D eigenvalue weighted by atomic mass is 10.1. The van der Waals surface area contributed by atoms with Gasteiger partial charge in [0.05, 0.1) is 0 Å². The van der Waals surface area contributed by atoms with E-state index in [2.05, 4.69) is 4.98 Å². The van der Waals surface area contributed by atoms with E-state index in [1.807, 2.05) is 0 Å². The minimum Gasteiger partial charge on any atom is -0.358 e. The maximum absolute atomic E-state index is 11.3. The summed E-state index contributed by atoms with van der Waals surface area (Å²) in [4.78, 5) is 24.1. The largest absolute Gasteiger partial charge is 0.358 e. The molecule has 0 saturated heterocycles.